The third-order valence-corrected chi connectivity index (χ3v) is 3.35. The van der Waals surface area contributed by atoms with Crippen LogP contribution in [0.4, 0.5) is 0 Å². The molecule has 0 unspecified atom stereocenters. The first kappa shape index (κ1) is 19.5. The van der Waals surface area contributed by atoms with Crippen molar-refractivity contribution in [2.24, 2.45) is 11.7 Å². The SMILES string of the molecule is CC(C)CCOC[C@@H](OC(=O)[C@H](C)N)[C@H](C)Oc1ccccc1. The van der Waals surface area contributed by atoms with Gasteiger partial charge in [-0.25, -0.2) is 0 Å². The third-order valence-electron chi connectivity index (χ3n) is 3.35. The molecule has 1 aromatic carbocycles. The van der Waals surface area contributed by atoms with Crippen LogP contribution < -0.4 is 10.5 Å². The second-order valence-corrected chi connectivity index (χ2v) is 6.16. The molecule has 0 amide bonds. The zero-order chi connectivity index (χ0) is 17.2. The Kier molecular flexibility index (Phi) is 8.66. The highest BCUT2D eigenvalue weighted by Gasteiger charge is 2.25. The van der Waals surface area contributed by atoms with Gasteiger partial charge in [0, 0.05) is 6.61 Å². The van der Waals surface area contributed by atoms with E-state index in [1.807, 2.05) is 37.3 Å². The summed E-state index contributed by atoms with van der Waals surface area (Å²) in [6.07, 6.45) is 0.127. The average molecular weight is 323 g/mol. The van der Waals surface area contributed by atoms with E-state index in [2.05, 4.69) is 13.8 Å². The molecule has 0 radical (unpaired) electrons. The summed E-state index contributed by atoms with van der Waals surface area (Å²) in [5.41, 5.74) is 5.58. The molecule has 0 bridgehead atoms. The largest absolute Gasteiger partial charge is 0.487 e. The molecule has 130 valence electrons. The van der Waals surface area contributed by atoms with Gasteiger partial charge in [-0.1, -0.05) is 32.0 Å². The summed E-state index contributed by atoms with van der Waals surface area (Å²) >= 11 is 0. The van der Waals surface area contributed by atoms with Crippen molar-refractivity contribution in [3.8, 4) is 5.75 Å². The van der Waals surface area contributed by atoms with E-state index in [0.717, 1.165) is 12.2 Å². The molecule has 1 aromatic rings. The summed E-state index contributed by atoms with van der Waals surface area (Å²) in [6, 6.07) is 8.76. The number of rotatable bonds is 10. The van der Waals surface area contributed by atoms with Gasteiger partial charge in [-0.2, -0.15) is 0 Å². The van der Waals surface area contributed by atoms with Crippen molar-refractivity contribution in [2.75, 3.05) is 13.2 Å². The van der Waals surface area contributed by atoms with Crippen molar-refractivity contribution in [1.29, 1.82) is 0 Å². The van der Waals surface area contributed by atoms with E-state index < -0.39 is 18.1 Å². The number of carbonyl (C=O) groups excluding carboxylic acids is 1. The summed E-state index contributed by atoms with van der Waals surface area (Å²) in [6.45, 7) is 8.65. The van der Waals surface area contributed by atoms with Gasteiger partial charge < -0.3 is 19.9 Å². The van der Waals surface area contributed by atoms with Gasteiger partial charge in [0.1, 0.15) is 17.9 Å². The molecular weight excluding hydrogens is 294 g/mol. The fourth-order valence-corrected chi connectivity index (χ4v) is 1.83. The first-order chi connectivity index (χ1) is 10.9. The minimum atomic E-state index is -0.669. The molecule has 0 aliphatic heterocycles. The van der Waals surface area contributed by atoms with Crippen molar-refractivity contribution < 1.29 is 19.0 Å². The van der Waals surface area contributed by atoms with Gasteiger partial charge in [-0.05, 0) is 38.3 Å². The normalized spacial score (nSPS) is 15.0. The van der Waals surface area contributed by atoms with Gasteiger partial charge in [-0.15, -0.1) is 0 Å². The molecule has 1 rings (SSSR count). The number of benzene rings is 1. The number of hydrogen-bond donors (Lipinski definition) is 1. The van der Waals surface area contributed by atoms with Crippen LogP contribution in [0.1, 0.15) is 34.1 Å². The molecule has 23 heavy (non-hydrogen) atoms. The number of nitrogens with two attached hydrogens (primary N) is 1. The molecule has 0 heterocycles. The van der Waals surface area contributed by atoms with E-state index in [1.165, 1.54) is 0 Å². The molecule has 0 saturated heterocycles. The molecule has 2 N–H and O–H groups in total. The van der Waals surface area contributed by atoms with Crippen LogP contribution in [0.2, 0.25) is 0 Å². The summed E-state index contributed by atoms with van der Waals surface area (Å²) in [5, 5.41) is 0. The lowest BCUT2D eigenvalue weighted by atomic mass is 10.1. The van der Waals surface area contributed by atoms with E-state index >= 15 is 0 Å². The zero-order valence-electron chi connectivity index (χ0n) is 14.5. The second kappa shape index (κ2) is 10.2. The Hall–Kier alpha value is -1.59. The maximum atomic E-state index is 11.8. The minimum Gasteiger partial charge on any atom is -0.487 e. The van der Waals surface area contributed by atoms with Gasteiger partial charge in [0.15, 0.2) is 6.10 Å². The van der Waals surface area contributed by atoms with Crippen LogP contribution >= 0.6 is 0 Å². The first-order valence-corrected chi connectivity index (χ1v) is 8.15. The number of para-hydroxylation sites is 1. The van der Waals surface area contributed by atoms with Crippen LogP contribution in [0.15, 0.2) is 30.3 Å². The van der Waals surface area contributed by atoms with Gasteiger partial charge in [0.25, 0.3) is 0 Å². The lowest BCUT2D eigenvalue weighted by Gasteiger charge is -2.25. The molecule has 3 atom stereocenters. The highest BCUT2D eigenvalue weighted by atomic mass is 16.6. The smallest absolute Gasteiger partial charge is 0.323 e. The van der Waals surface area contributed by atoms with E-state index in [-0.39, 0.29) is 6.10 Å². The standard InChI is InChI=1S/C18H29NO4/c1-13(2)10-11-21-12-17(23-18(20)14(3)19)15(4)22-16-8-6-5-7-9-16/h5-9,13-15,17H,10-12,19H2,1-4H3/t14-,15-,17+/m0/s1. The van der Waals surface area contributed by atoms with Crippen LogP contribution in [0.25, 0.3) is 0 Å². The molecule has 0 spiro atoms. The Bertz CT molecular complexity index is 448. The number of ether oxygens (including phenoxy) is 3. The van der Waals surface area contributed by atoms with Crippen LogP contribution in [0, 0.1) is 5.92 Å². The maximum Gasteiger partial charge on any atom is 0.323 e. The average Bonchev–Trinajstić information content (AvgIpc) is 2.50. The van der Waals surface area contributed by atoms with Crippen LogP contribution in [-0.2, 0) is 14.3 Å². The molecule has 0 aliphatic carbocycles. The molecular formula is C18H29NO4. The summed E-state index contributed by atoms with van der Waals surface area (Å²) < 4.78 is 16.9. The predicted molar refractivity (Wildman–Crippen MR) is 90.3 cm³/mol. The van der Waals surface area contributed by atoms with Crippen molar-refractivity contribution in [2.45, 2.75) is 52.4 Å². The Balaban J connectivity index is 2.59. The summed E-state index contributed by atoms with van der Waals surface area (Å²) in [7, 11) is 0. The minimum absolute atomic E-state index is 0.291. The van der Waals surface area contributed by atoms with E-state index in [1.54, 1.807) is 6.92 Å². The molecule has 0 saturated carbocycles. The second-order valence-electron chi connectivity index (χ2n) is 6.16. The molecule has 5 nitrogen and oxygen atoms in total. The highest BCUT2D eigenvalue weighted by Crippen LogP contribution is 2.15. The highest BCUT2D eigenvalue weighted by molar-refractivity contribution is 5.75. The fourth-order valence-electron chi connectivity index (χ4n) is 1.83. The third kappa shape index (κ3) is 8.00. The van der Waals surface area contributed by atoms with Crippen LogP contribution in [-0.4, -0.2) is 37.4 Å². The topological polar surface area (TPSA) is 70.8 Å². The van der Waals surface area contributed by atoms with Crippen molar-refractivity contribution in [3.05, 3.63) is 30.3 Å². The summed E-state index contributed by atoms with van der Waals surface area (Å²) in [4.78, 5) is 11.8. The van der Waals surface area contributed by atoms with E-state index in [0.29, 0.717) is 19.1 Å². The lowest BCUT2D eigenvalue weighted by molar-refractivity contribution is -0.159. The van der Waals surface area contributed by atoms with Crippen molar-refractivity contribution in [1.82, 2.24) is 0 Å². The van der Waals surface area contributed by atoms with Gasteiger partial charge in [0.05, 0.1) is 6.61 Å². The Labute approximate surface area is 139 Å². The first-order valence-electron chi connectivity index (χ1n) is 8.15. The van der Waals surface area contributed by atoms with E-state index in [9.17, 15) is 4.79 Å². The number of esters is 1. The molecule has 5 heteroatoms. The Morgan fingerprint density at radius 3 is 2.35 bits per heavy atom. The van der Waals surface area contributed by atoms with Gasteiger partial charge in [0.2, 0.25) is 0 Å². The van der Waals surface area contributed by atoms with Gasteiger partial charge in [-0.3, -0.25) is 4.79 Å². The molecule has 0 aromatic heterocycles. The quantitative estimate of drug-likeness (QED) is 0.529. The number of carbonyl (C=O) groups is 1. The summed E-state index contributed by atoms with van der Waals surface area (Å²) in [5.74, 6) is 0.841. The van der Waals surface area contributed by atoms with E-state index in [4.69, 9.17) is 19.9 Å². The zero-order valence-corrected chi connectivity index (χ0v) is 14.5. The Morgan fingerprint density at radius 1 is 1.13 bits per heavy atom. The predicted octanol–water partition coefficient (Wildman–Crippen LogP) is 2.78. The molecule has 0 fully saturated rings. The monoisotopic (exact) mass is 323 g/mol. The van der Waals surface area contributed by atoms with Crippen molar-refractivity contribution >= 4 is 5.97 Å². The van der Waals surface area contributed by atoms with Gasteiger partial charge >= 0.3 is 5.97 Å². The van der Waals surface area contributed by atoms with Crippen molar-refractivity contribution in [3.63, 3.8) is 0 Å². The maximum absolute atomic E-state index is 11.8. The lowest BCUT2D eigenvalue weighted by Crippen LogP contribution is -2.41. The number of hydrogen-bond acceptors (Lipinski definition) is 5. The Morgan fingerprint density at radius 2 is 1.78 bits per heavy atom. The fraction of sp³-hybridized carbons (Fsp3) is 0.611. The molecule has 0 aliphatic rings. The van der Waals surface area contributed by atoms with Crippen LogP contribution in [0.3, 0.4) is 0 Å². The van der Waals surface area contributed by atoms with Crippen LogP contribution in [0.5, 0.6) is 5.75 Å².